The van der Waals surface area contributed by atoms with Gasteiger partial charge in [0.25, 0.3) is 0 Å². The van der Waals surface area contributed by atoms with Crippen molar-refractivity contribution < 1.29 is 4.74 Å². The van der Waals surface area contributed by atoms with Crippen molar-refractivity contribution in [2.45, 2.75) is 0 Å². The number of anilines is 2. The number of hydrogen-bond donors (Lipinski definition) is 1. The van der Waals surface area contributed by atoms with E-state index in [-0.39, 0.29) is 0 Å². The van der Waals surface area contributed by atoms with Crippen LogP contribution in [0.2, 0.25) is 0 Å². The molecule has 1 aromatic heterocycles. The lowest BCUT2D eigenvalue weighted by molar-refractivity contribution is 0.415. The fourth-order valence-electron chi connectivity index (χ4n) is 1.93. The Morgan fingerprint density at radius 3 is 2.58 bits per heavy atom. The molecule has 0 unspecified atom stereocenters. The first-order valence-electron chi connectivity index (χ1n) is 5.98. The molecule has 0 fully saturated rings. The van der Waals surface area contributed by atoms with Gasteiger partial charge in [-0.25, -0.2) is 0 Å². The number of fused-ring (bicyclic) bond motifs is 1. The van der Waals surface area contributed by atoms with E-state index in [9.17, 15) is 0 Å². The van der Waals surface area contributed by atoms with Gasteiger partial charge in [0.1, 0.15) is 5.75 Å². The van der Waals surface area contributed by atoms with Crippen LogP contribution in [0.1, 0.15) is 0 Å². The van der Waals surface area contributed by atoms with Crippen molar-refractivity contribution >= 4 is 22.3 Å². The molecule has 0 spiro atoms. The van der Waals surface area contributed by atoms with Gasteiger partial charge in [-0.05, 0) is 24.3 Å². The zero-order valence-corrected chi connectivity index (χ0v) is 10.5. The van der Waals surface area contributed by atoms with Crippen LogP contribution in [-0.4, -0.2) is 17.3 Å². The first kappa shape index (κ1) is 11.5. The summed E-state index contributed by atoms with van der Waals surface area (Å²) >= 11 is 0. The predicted molar refractivity (Wildman–Crippen MR) is 75.8 cm³/mol. The van der Waals surface area contributed by atoms with Gasteiger partial charge >= 0.3 is 0 Å². The first-order valence-corrected chi connectivity index (χ1v) is 5.98. The third kappa shape index (κ3) is 2.33. The molecule has 4 nitrogen and oxygen atoms in total. The molecule has 0 radical (unpaired) electrons. The van der Waals surface area contributed by atoms with Crippen molar-refractivity contribution in [3.63, 3.8) is 0 Å². The summed E-state index contributed by atoms with van der Waals surface area (Å²) in [7, 11) is 1.65. The lowest BCUT2D eigenvalue weighted by Crippen LogP contribution is -1.96. The molecule has 19 heavy (non-hydrogen) atoms. The van der Waals surface area contributed by atoms with Gasteiger partial charge in [-0.15, -0.1) is 5.10 Å². The molecule has 4 heteroatoms. The molecule has 0 aliphatic carbocycles. The number of ether oxygens (including phenoxy) is 1. The highest BCUT2D eigenvalue weighted by Gasteiger charge is 2.03. The van der Waals surface area contributed by atoms with Crippen LogP contribution in [-0.2, 0) is 0 Å². The number of nitrogens with zero attached hydrogens (tertiary/aromatic N) is 2. The molecule has 0 aliphatic rings. The van der Waals surface area contributed by atoms with Crippen molar-refractivity contribution in [2.75, 3.05) is 12.4 Å². The Morgan fingerprint density at radius 2 is 1.79 bits per heavy atom. The van der Waals surface area contributed by atoms with E-state index in [1.165, 1.54) is 0 Å². The van der Waals surface area contributed by atoms with Gasteiger partial charge in [-0.2, -0.15) is 5.10 Å². The van der Waals surface area contributed by atoms with Gasteiger partial charge in [0, 0.05) is 16.5 Å². The summed E-state index contributed by atoms with van der Waals surface area (Å²) in [5, 5.41) is 13.5. The average Bonchev–Trinajstić information content (AvgIpc) is 2.48. The lowest BCUT2D eigenvalue weighted by atomic mass is 10.2. The maximum atomic E-state index is 5.13. The topological polar surface area (TPSA) is 47.0 Å². The summed E-state index contributed by atoms with van der Waals surface area (Å²) in [5.74, 6) is 1.58. The van der Waals surface area contributed by atoms with Crippen LogP contribution in [0.5, 0.6) is 5.75 Å². The molecule has 3 rings (SSSR count). The van der Waals surface area contributed by atoms with E-state index in [0.29, 0.717) is 0 Å². The number of rotatable bonds is 3. The molecular weight excluding hydrogens is 238 g/mol. The largest absolute Gasteiger partial charge is 0.497 e. The second kappa shape index (κ2) is 4.94. The van der Waals surface area contributed by atoms with Gasteiger partial charge in [0.2, 0.25) is 0 Å². The molecular formula is C15H13N3O. The van der Waals surface area contributed by atoms with Crippen LogP contribution < -0.4 is 10.1 Å². The molecule has 94 valence electrons. The van der Waals surface area contributed by atoms with E-state index in [1.807, 2.05) is 48.5 Å². The molecule has 3 aromatic rings. The third-order valence-electron chi connectivity index (χ3n) is 2.92. The van der Waals surface area contributed by atoms with Gasteiger partial charge in [-0.3, -0.25) is 0 Å². The summed E-state index contributed by atoms with van der Waals surface area (Å²) in [6.07, 6.45) is 1.76. The van der Waals surface area contributed by atoms with Gasteiger partial charge in [-0.1, -0.05) is 24.3 Å². The summed E-state index contributed by atoms with van der Waals surface area (Å²) in [5.41, 5.74) is 0.950. The van der Waals surface area contributed by atoms with Gasteiger partial charge in [0.15, 0.2) is 5.82 Å². The second-order valence-corrected chi connectivity index (χ2v) is 4.13. The van der Waals surface area contributed by atoms with E-state index >= 15 is 0 Å². The summed E-state index contributed by atoms with van der Waals surface area (Å²) in [6.45, 7) is 0. The molecule has 2 aromatic carbocycles. The van der Waals surface area contributed by atoms with Crippen LogP contribution in [0.4, 0.5) is 11.5 Å². The second-order valence-electron chi connectivity index (χ2n) is 4.13. The molecule has 1 heterocycles. The smallest absolute Gasteiger partial charge is 0.160 e. The number of methoxy groups -OCH3 is 1. The van der Waals surface area contributed by atoms with Gasteiger partial charge < -0.3 is 10.1 Å². The van der Waals surface area contributed by atoms with Crippen molar-refractivity contribution in [2.24, 2.45) is 0 Å². The minimum absolute atomic E-state index is 0.753. The Labute approximate surface area is 111 Å². The average molecular weight is 251 g/mol. The maximum Gasteiger partial charge on any atom is 0.160 e. The number of aromatic nitrogens is 2. The number of hydrogen-bond acceptors (Lipinski definition) is 4. The molecule has 0 aliphatic heterocycles. The summed E-state index contributed by atoms with van der Waals surface area (Å²) in [4.78, 5) is 0. The first-order chi connectivity index (χ1) is 9.36. The quantitative estimate of drug-likeness (QED) is 0.775. The summed E-state index contributed by atoms with van der Waals surface area (Å²) in [6, 6.07) is 15.7. The third-order valence-corrected chi connectivity index (χ3v) is 2.92. The number of benzene rings is 2. The van der Waals surface area contributed by atoms with Crippen LogP contribution >= 0.6 is 0 Å². The Kier molecular flexibility index (Phi) is 2.98. The molecule has 0 atom stereocenters. The van der Waals surface area contributed by atoms with Crippen LogP contribution in [0, 0.1) is 0 Å². The standard InChI is InChI=1S/C15H13N3O/c1-19-13-8-6-12(7-9-13)17-15-14-5-3-2-4-11(14)10-16-18-15/h2-10H,1H3,(H,17,18). The minimum atomic E-state index is 0.753. The zero-order valence-electron chi connectivity index (χ0n) is 10.5. The fraction of sp³-hybridized carbons (Fsp3) is 0.0667. The highest BCUT2D eigenvalue weighted by molar-refractivity contribution is 5.92. The Bertz CT molecular complexity index is 690. The van der Waals surface area contributed by atoms with E-state index in [0.717, 1.165) is 28.0 Å². The van der Waals surface area contributed by atoms with Gasteiger partial charge in [0.05, 0.1) is 13.3 Å². The monoisotopic (exact) mass is 251 g/mol. The molecule has 0 bridgehead atoms. The van der Waals surface area contributed by atoms with Crippen LogP contribution in [0.3, 0.4) is 0 Å². The van der Waals surface area contributed by atoms with Crippen LogP contribution in [0.25, 0.3) is 10.8 Å². The lowest BCUT2D eigenvalue weighted by Gasteiger charge is -2.08. The number of nitrogens with one attached hydrogen (secondary N) is 1. The predicted octanol–water partition coefficient (Wildman–Crippen LogP) is 3.38. The van der Waals surface area contributed by atoms with Crippen molar-refractivity contribution in [1.82, 2.24) is 10.2 Å². The minimum Gasteiger partial charge on any atom is -0.497 e. The van der Waals surface area contributed by atoms with E-state index in [4.69, 9.17) is 4.74 Å². The molecule has 1 N–H and O–H groups in total. The Balaban J connectivity index is 1.96. The Morgan fingerprint density at radius 1 is 1.00 bits per heavy atom. The zero-order chi connectivity index (χ0) is 13.1. The summed E-state index contributed by atoms with van der Waals surface area (Å²) < 4.78 is 5.13. The van der Waals surface area contributed by atoms with E-state index in [1.54, 1.807) is 13.3 Å². The van der Waals surface area contributed by atoms with E-state index in [2.05, 4.69) is 15.5 Å². The maximum absolute atomic E-state index is 5.13. The SMILES string of the molecule is COc1ccc(Nc2nncc3ccccc23)cc1. The highest BCUT2D eigenvalue weighted by atomic mass is 16.5. The molecule has 0 saturated carbocycles. The molecule has 0 amide bonds. The van der Waals surface area contributed by atoms with Crippen molar-refractivity contribution in [3.8, 4) is 5.75 Å². The van der Waals surface area contributed by atoms with Crippen molar-refractivity contribution in [1.29, 1.82) is 0 Å². The highest BCUT2D eigenvalue weighted by Crippen LogP contribution is 2.24. The Hall–Kier alpha value is -2.62. The van der Waals surface area contributed by atoms with E-state index < -0.39 is 0 Å². The van der Waals surface area contributed by atoms with Crippen LogP contribution in [0.15, 0.2) is 54.7 Å². The fourth-order valence-corrected chi connectivity index (χ4v) is 1.93. The van der Waals surface area contributed by atoms with Crippen molar-refractivity contribution in [3.05, 3.63) is 54.7 Å². The normalized spacial score (nSPS) is 10.4. The molecule has 0 saturated heterocycles.